The van der Waals surface area contributed by atoms with Crippen molar-refractivity contribution in [2.75, 3.05) is 13.1 Å². The van der Waals surface area contributed by atoms with Crippen LogP contribution in [0.25, 0.3) is 0 Å². The highest BCUT2D eigenvalue weighted by molar-refractivity contribution is 7.07. The van der Waals surface area contributed by atoms with Crippen molar-refractivity contribution in [3.8, 4) is 0 Å². The molecule has 1 aliphatic heterocycles. The molecule has 0 amide bonds. The number of likely N-dealkylation sites (tertiary alicyclic amines) is 1. The van der Waals surface area contributed by atoms with Crippen LogP contribution in [0.2, 0.25) is 0 Å². The van der Waals surface area contributed by atoms with Crippen LogP contribution < -0.4 is 5.32 Å². The molecule has 1 aromatic rings. The molecule has 2 heterocycles. The maximum atomic E-state index is 3.65. The summed E-state index contributed by atoms with van der Waals surface area (Å²) < 4.78 is 0. The Hall–Kier alpha value is -0.380. The maximum Gasteiger partial charge on any atom is 0.0209 e. The average Bonchev–Trinajstić information content (AvgIpc) is 2.87. The van der Waals surface area contributed by atoms with Crippen molar-refractivity contribution in [1.82, 2.24) is 10.2 Å². The van der Waals surface area contributed by atoms with Crippen LogP contribution in [0, 0.1) is 0 Å². The zero-order valence-electron chi connectivity index (χ0n) is 11.1. The molecule has 0 bridgehead atoms. The minimum Gasteiger partial charge on any atom is -0.310 e. The summed E-state index contributed by atoms with van der Waals surface area (Å²) in [6, 6.07) is 4.22. The average molecular weight is 252 g/mol. The molecule has 0 spiro atoms. The highest BCUT2D eigenvalue weighted by Gasteiger charge is 2.26. The highest BCUT2D eigenvalue weighted by atomic mass is 32.1. The molecule has 0 aromatic carbocycles. The molecule has 0 aliphatic carbocycles. The fourth-order valence-corrected chi connectivity index (χ4v) is 3.36. The van der Waals surface area contributed by atoms with Crippen LogP contribution >= 0.6 is 11.3 Å². The third-order valence-electron chi connectivity index (χ3n) is 3.52. The number of thiophene rings is 1. The minimum atomic E-state index is 0.604. The lowest BCUT2D eigenvalue weighted by atomic mass is 10.1. The summed E-state index contributed by atoms with van der Waals surface area (Å²) in [4.78, 5) is 2.62. The largest absolute Gasteiger partial charge is 0.310 e. The minimum absolute atomic E-state index is 0.604. The van der Waals surface area contributed by atoms with E-state index in [-0.39, 0.29) is 0 Å². The normalized spacial score (nSPS) is 23.4. The van der Waals surface area contributed by atoms with Crippen molar-refractivity contribution in [2.45, 2.75) is 51.7 Å². The standard InChI is InChI=1S/C14H24N2S/c1-11(2)15-14-4-6-16(9-14)12(3)8-13-5-7-17-10-13/h5,7,10-12,14-15H,4,6,8-9H2,1-3H3. The predicted molar refractivity (Wildman–Crippen MR) is 75.7 cm³/mol. The number of hydrogen-bond acceptors (Lipinski definition) is 3. The lowest BCUT2D eigenvalue weighted by Gasteiger charge is -2.24. The molecule has 1 aliphatic rings. The van der Waals surface area contributed by atoms with Gasteiger partial charge in [-0.25, -0.2) is 0 Å². The van der Waals surface area contributed by atoms with Crippen LogP contribution in [0.5, 0.6) is 0 Å². The first-order valence-electron chi connectivity index (χ1n) is 6.66. The molecule has 2 unspecified atom stereocenters. The lowest BCUT2D eigenvalue weighted by molar-refractivity contribution is 0.249. The van der Waals surface area contributed by atoms with Crippen LogP contribution in [-0.2, 0) is 6.42 Å². The van der Waals surface area contributed by atoms with Gasteiger partial charge >= 0.3 is 0 Å². The van der Waals surface area contributed by atoms with Gasteiger partial charge in [0.1, 0.15) is 0 Å². The van der Waals surface area contributed by atoms with Gasteiger partial charge in [-0.3, -0.25) is 4.90 Å². The first kappa shape index (κ1) is 13.1. The summed E-state index contributed by atoms with van der Waals surface area (Å²) in [6.45, 7) is 9.28. The molecule has 17 heavy (non-hydrogen) atoms. The molecule has 1 N–H and O–H groups in total. The van der Waals surface area contributed by atoms with Gasteiger partial charge in [-0.05, 0) is 42.2 Å². The Bertz CT molecular complexity index is 321. The fourth-order valence-electron chi connectivity index (χ4n) is 2.67. The van der Waals surface area contributed by atoms with E-state index in [4.69, 9.17) is 0 Å². The van der Waals surface area contributed by atoms with Gasteiger partial charge in [0.2, 0.25) is 0 Å². The van der Waals surface area contributed by atoms with E-state index in [1.807, 2.05) is 0 Å². The molecular formula is C14H24N2S. The van der Waals surface area contributed by atoms with E-state index in [2.05, 4.69) is 47.8 Å². The maximum absolute atomic E-state index is 3.65. The number of nitrogens with one attached hydrogen (secondary N) is 1. The molecule has 1 aromatic heterocycles. The van der Waals surface area contributed by atoms with Crippen molar-refractivity contribution in [3.05, 3.63) is 22.4 Å². The van der Waals surface area contributed by atoms with Crippen LogP contribution in [0.1, 0.15) is 32.8 Å². The Balaban J connectivity index is 1.79. The molecule has 2 atom stereocenters. The van der Waals surface area contributed by atoms with E-state index in [1.54, 1.807) is 11.3 Å². The molecule has 3 heteroatoms. The number of hydrogen-bond donors (Lipinski definition) is 1. The molecule has 2 nitrogen and oxygen atoms in total. The van der Waals surface area contributed by atoms with E-state index in [9.17, 15) is 0 Å². The van der Waals surface area contributed by atoms with Crippen LogP contribution in [0.4, 0.5) is 0 Å². The Morgan fingerprint density at radius 1 is 1.47 bits per heavy atom. The predicted octanol–water partition coefficient (Wildman–Crippen LogP) is 2.75. The Morgan fingerprint density at radius 3 is 2.94 bits per heavy atom. The topological polar surface area (TPSA) is 15.3 Å². The second kappa shape index (κ2) is 5.98. The molecule has 96 valence electrons. The second-order valence-electron chi connectivity index (χ2n) is 5.49. The van der Waals surface area contributed by atoms with Crippen LogP contribution in [0.15, 0.2) is 16.8 Å². The van der Waals surface area contributed by atoms with E-state index >= 15 is 0 Å². The zero-order chi connectivity index (χ0) is 12.3. The molecular weight excluding hydrogens is 228 g/mol. The summed E-state index contributed by atoms with van der Waals surface area (Å²) in [5.41, 5.74) is 1.49. The zero-order valence-corrected chi connectivity index (χ0v) is 12.0. The van der Waals surface area contributed by atoms with Crippen molar-refractivity contribution >= 4 is 11.3 Å². The smallest absolute Gasteiger partial charge is 0.0209 e. The molecule has 0 saturated carbocycles. The summed E-state index contributed by atoms with van der Waals surface area (Å²) in [5, 5.41) is 8.10. The summed E-state index contributed by atoms with van der Waals surface area (Å²) in [7, 11) is 0. The fraction of sp³-hybridized carbons (Fsp3) is 0.714. The van der Waals surface area contributed by atoms with Crippen molar-refractivity contribution in [3.63, 3.8) is 0 Å². The lowest BCUT2D eigenvalue weighted by Crippen LogP contribution is -2.39. The second-order valence-corrected chi connectivity index (χ2v) is 6.27. The number of nitrogens with zero attached hydrogens (tertiary/aromatic N) is 1. The summed E-state index contributed by atoms with van der Waals surface area (Å²) in [5.74, 6) is 0. The Labute approximate surface area is 109 Å². The Morgan fingerprint density at radius 2 is 2.29 bits per heavy atom. The van der Waals surface area contributed by atoms with Crippen molar-refractivity contribution < 1.29 is 0 Å². The van der Waals surface area contributed by atoms with Gasteiger partial charge < -0.3 is 5.32 Å². The van der Waals surface area contributed by atoms with E-state index in [1.165, 1.54) is 31.5 Å². The van der Waals surface area contributed by atoms with Crippen LogP contribution in [-0.4, -0.2) is 36.1 Å². The SMILES string of the molecule is CC(C)NC1CCN(C(C)Cc2ccsc2)C1. The molecule has 1 saturated heterocycles. The first-order chi connectivity index (χ1) is 8.15. The monoisotopic (exact) mass is 252 g/mol. The highest BCUT2D eigenvalue weighted by Crippen LogP contribution is 2.17. The van der Waals surface area contributed by atoms with Crippen molar-refractivity contribution in [2.24, 2.45) is 0 Å². The summed E-state index contributed by atoms with van der Waals surface area (Å²) in [6.07, 6.45) is 2.49. The Kier molecular flexibility index (Phi) is 4.60. The van der Waals surface area contributed by atoms with Gasteiger partial charge in [0.05, 0.1) is 0 Å². The van der Waals surface area contributed by atoms with Crippen molar-refractivity contribution in [1.29, 1.82) is 0 Å². The number of rotatable bonds is 5. The van der Waals surface area contributed by atoms with Gasteiger partial charge in [0.15, 0.2) is 0 Å². The van der Waals surface area contributed by atoms with Gasteiger partial charge in [-0.2, -0.15) is 11.3 Å². The molecule has 2 rings (SSSR count). The van der Waals surface area contributed by atoms with Crippen LogP contribution in [0.3, 0.4) is 0 Å². The van der Waals surface area contributed by atoms with E-state index < -0.39 is 0 Å². The third kappa shape index (κ3) is 3.80. The van der Waals surface area contributed by atoms with E-state index in [0.717, 1.165) is 0 Å². The van der Waals surface area contributed by atoms with E-state index in [0.29, 0.717) is 18.1 Å². The first-order valence-corrected chi connectivity index (χ1v) is 7.60. The third-order valence-corrected chi connectivity index (χ3v) is 4.26. The van der Waals surface area contributed by atoms with Gasteiger partial charge in [-0.1, -0.05) is 13.8 Å². The molecule has 0 radical (unpaired) electrons. The quantitative estimate of drug-likeness (QED) is 0.867. The molecule has 1 fully saturated rings. The summed E-state index contributed by atoms with van der Waals surface area (Å²) >= 11 is 1.80. The van der Waals surface area contributed by atoms with Gasteiger partial charge in [-0.15, -0.1) is 0 Å². The van der Waals surface area contributed by atoms with Gasteiger partial charge in [0.25, 0.3) is 0 Å². The van der Waals surface area contributed by atoms with Gasteiger partial charge in [0, 0.05) is 31.2 Å².